The molecule has 1 rings (SSSR count). The zero-order valence-electron chi connectivity index (χ0n) is 7.18. The van der Waals surface area contributed by atoms with E-state index in [0.717, 1.165) is 0 Å². The maximum atomic E-state index is 12.8. The molecule has 0 aliphatic rings. The number of hydrogen-bond acceptors (Lipinski definition) is 1. The molecule has 1 nitrogen and oxygen atoms in total. The topological polar surface area (TPSA) is 26.0 Å². The van der Waals surface area contributed by atoms with Gasteiger partial charge in [-0.25, -0.2) is 22.0 Å². The molecule has 0 bridgehead atoms. The lowest BCUT2D eigenvalue weighted by Crippen LogP contribution is -2.22. The van der Waals surface area contributed by atoms with Gasteiger partial charge in [0, 0.05) is 17.7 Å². The normalized spacial score (nSPS) is 12.5. The number of halogens is 6. The van der Waals surface area contributed by atoms with Crippen LogP contribution in [-0.2, 0) is 0 Å². The van der Waals surface area contributed by atoms with E-state index in [0.29, 0.717) is 12.1 Å². The summed E-state index contributed by atoms with van der Waals surface area (Å²) in [7, 11) is 0. The highest BCUT2D eigenvalue weighted by Crippen LogP contribution is 2.24. The van der Waals surface area contributed by atoms with Gasteiger partial charge in [0.15, 0.2) is 0 Å². The lowest BCUT2D eigenvalue weighted by Gasteiger charge is -2.12. The van der Waals surface area contributed by atoms with E-state index >= 15 is 0 Å². The zero-order valence-corrected chi connectivity index (χ0v) is 8.00. The molecule has 0 fully saturated rings. The molecule has 1 aromatic carbocycles. The van der Waals surface area contributed by atoms with Gasteiger partial charge in [0.1, 0.15) is 17.5 Å². The molecule has 86 valence electrons. The summed E-state index contributed by atoms with van der Waals surface area (Å²) in [4.78, 5) is 0. The molecule has 7 heteroatoms. The summed E-state index contributed by atoms with van der Waals surface area (Å²) in [5.41, 5.74) is 3.84. The fourth-order valence-corrected chi connectivity index (χ4v) is 0.998. The molecular weight excluding hydrogens is 241 g/mol. The van der Waals surface area contributed by atoms with Crippen LogP contribution in [0.2, 0.25) is 0 Å². The van der Waals surface area contributed by atoms with Gasteiger partial charge in [0.05, 0.1) is 6.04 Å². The van der Waals surface area contributed by atoms with Gasteiger partial charge >= 0.3 is 0 Å². The van der Waals surface area contributed by atoms with E-state index in [1.54, 1.807) is 0 Å². The summed E-state index contributed by atoms with van der Waals surface area (Å²) in [6.45, 7) is 0. The molecule has 0 heterocycles. The summed E-state index contributed by atoms with van der Waals surface area (Å²) in [5.74, 6) is -3.99. The Balaban J connectivity index is 0.00000196. The number of nitrogens with two attached hydrogens (primary N) is 1. The van der Waals surface area contributed by atoms with Crippen LogP contribution in [-0.4, -0.2) is 6.43 Å². The Kier molecular flexibility index (Phi) is 4.96. The SMILES string of the molecule is Cl.N[C@@H](c1c(F)cc(F)cc1F)C(F)F. The first-order valence-electron chi connectivity index (χ1n) is 3.61. The van der Waals surface area contributed by atoms with E-state index in [-0.39, 0.29) is 12.4 Å². The highest BCUT2D eigenvalue weighted by atomic mass is 35.5. The van der Waals surface area contributed by atoms with Crippen molar-refractivity contribution in [2.45, 2.75) is 12.5 Å². The molecule has 15 heavy (non-hydrogen) atoms. The quantitative estimate of drug-likeness (QED) is 0.799. The fourth-order valence-electron chi connectivity index (χ4n) is 0.998. The summed E-state index contributed by atoms with van der Waals surface area (Å²) in [5, 5.41) is 0. The molecule has 0 radical (unpaired) electrons. The lowest BCUT2D eigenvalue weighted by atomic mass is 10.1. The van der Waals surface area contributed by atoms with Gasteiger partial charge in [-0.3, -0.25) is 0 Å². The Morgan fingerprint density at radius 1 is 1.00 bits per heavy atom. The van der Waals surface area contributed by atoms with Crippen molar-refractivity contribution in [3.63, 3.8) is 0 Å². The average molecular weight is 248 g/mol. The molecule has 1 aromatic rings. The van der Waals surface area contributed by atoms with Crippen LogP contribution in [0.4, 0.5) is 22.0 Å². The van der Waals surface area contributed by atoms with Crippen molar-refractivity contribution >= 4 is 12.4 Å². The molecule has 0 spiro atoms. The maximum absolute atomic E-state index is 12.8. The van der Waals surface area contributed by atoms with Crippen LogP contribution in [0.3, 0.4) is 0 Å². The Bertz CT molecular complexity index is 321. The van der Waals surface area contributed by atoms with Crippen molar-refractivity contribution < 1.29 is 22.0 Å². The van der Waals surface area contributed by atoms with E-state index in [1.165, 1.54) is 0 Å². The van der Waals surface area contributed by atoms with Crippen LogP contribution >= 0.6 is 12.4 Å². The Labute approximate surface area is 88.5 Å². The van der Waals surface area contributed by atoms with Crippen LogP contribution < -0.4 is 5.73 Å². The van der Waals surface area contributed by atoms with Gasteiger partial charge in [-0.1, -0.05) is 0 Å². The standard InChI is InChI=1S/C8H6F5N.ClH/c9-3-1-4(10)6(5(11)2-3)7(14)8(12)13;/h1-2,7-8H,14H2;1H/t7-;/m0./s1. The van der Waals surface area contributed by atoms with E-state index in [1.807, 2.05) is 0 Å². The van der Waals surface area contributed by atoms with E-state index < -0.39 is 35.5 Å². The molecule has 2 N–H and O–H groups in total. The first-order chi connectivity index (χ1) is 6.43. The van der Waals surface area contributed by atoms with Crippen molar-refractivity contribution in [3.8, 4) is 0 Å². The van der Waals surface area contributed by atoms with E-state index in [2.05, 4.69) is 0 Å². The Morgan fingerprint density at radius 3 is 1.73 bits per heavy atom. The minimum Gasteiger partial charge on any atom is -0.319 e. The predicted molar refractivity (Wildman–Crippen MR) is 46.5 cm³/mol. The molecule has 0 saturated carbocycles. The van der Waals surface area contributed by atoms with Crippen molar-refractivity contribution in [3.05, 3.63) is 35.1 Å². The highest BCUT2D eigenvalue weighted by Gasteiger charge is 2.25. The Hall–Kier alpha value is -0.880. The van der Waals surface area contributed by atoms with Gasteiger partial charge in [0.2, 0.25) is 0 Å². The summed E-state index contributed by atoms with van der Waals surface area (Å²) >= 11 is 0. The first-order valence-corrected chi connectivity index (χ1v) is 3.61. The van der Waals surface area contributed by atoms with Crippen LogP contribution in [0.25, 0.3) is 0 Å². The summed E-state index contributed by atoms with van der Waals surface area (Å²) < 4.78 is 62.1. The van der Waals surface area contributed by atoms with Gasteiger partial charge in [-0.15, -0.1) is 12.4 Å². The lowest BCUT2D eigenvalue weighted by molar-refractivity contribution is 0.113. The maximum Gasteiger partial charge on any atom is 0.257 e. The van der Waals surface area contributed by atoms with Crippen molar-refractivity contribution in [2.24, 2.45) is 5.73 Å². The fraction of sp³-hybridized carbons (Fsp3) is 0.250. The number of rotatable bonds is 2. The second kappa shape index (κ2) is 5.27. The minimum atomic E-state index is -3.11. The third-order valence-electron chi connectivity index (χ3n) is 1.65. The second-order valence-electron chi connectivity index (χ2n) is 2.64. The van der Waals surface area contributed by atoms with Crippen LogP contribution in [0, 0.1) is 17.5 Å². The predicted octanol–water partition coefficient (Wildman–Crippen LogP) is 2.79. The highest BCUT2D eigenvalue weighted by molar-refractivity contribution is 5.85. The molecule has 0 aliphatic carbocycles. The van der Waals surface area contributed by atoms with Crippen molar-refractivity contribution in [1.82, 2.24) is 0 Å². The van der Waals surface area contributed by atoms with Crippen molar-refractivity contribution in [2.75, 3.05) is 0 Å². The first kappa shape index (κ1) is 14.1. The van der Waals surface area contributed by atoms with E-state index in [4.69, 9.17) is 5.73 Å². The molecule has 0 aromatic heterocycles. The molecule has 0 amide bonds. The number of hydrogen-bond donors (Lipinski definition) is 1. The molecule has 0 aliphatic heterocycles. The minimum absolute atomic E-state index is 0. The number of benzene rings is 1. The van der Waals surface area contributed by atoms with Crippen LogP contribution in [0.1, 0.15) is 11.6 Å². The van der Waals surface area contributed by atoms with Gasteiger partial charge in [-0.2, -0.15) is 0 Å². The Morgan fingerprint density at radius 2 is 1.40 bits per heavy atom. The zero-order chi connectivity index (χ0) is 10.9. The summed E-state index contributed by atoms with van der Waals surface area (Å²) in [6.07, 6.45) is -3.11. The van der Waals surface area contributed by atoms with Crippen molar-refractivity contribution in [1.29, 1.82) is 0 Å². The average Bonchev–Trinajstić information content (AvgIpc) is 2.01. The number of alkyl halides is 2. The van der Waals surface area contributed by atoms with Crippen LogP contribution in [0.15, 0.2) is 12.1 Å². The molecular formula is C8H7ClF5N. The third kappa shape index (κ3) is 3.04. The summed E-state index contributed by atoms with van der Waals surface area (Å²) in [6, 6.07) is -1.48. The van der Waals surface area contributed by atoms with E-state index in [9.17, 15) is 22.0 Å². The van der Waals surface area contributed by atoms with Crippen LogP contribution in [0.5, 0.6) is 0 Å². The molecule has 1 atom stereocenters. The van der Waals surface area contributed by atoms with Gasteiger partial charge < -0.3 is 5.73 Å². The second-order valence-corrected chi connectivity index (χ2v) is 2.64. The smallest absolute Gasteiger partial charge is 0.257 e. The van der Waals surface area contributed by atoms with Gasteiger partial charge in [0.25, 0.3) is 6.43 Å². The molecule has 0 unspecified atom stereocenters. The monoisotopic (exact) mass is 247 g/mol. The molecule has 0 saturated heterocycles. The van der Waals surface area contributed by atoms with Gasteiger partial charge in [-0.05, 0) is 0 Å². The third-order valence-corrected chi connectivity index (χ3v) is 1.65. The largest absolute Gasteiger partial charge is 0.319 e.